The van der Waals surface area contributed by atoms with E-state index >= 15 is 0 Å². The third-order valence-electron chi connectivity index (χ3n) is 2.96. The molecule has 6 nitrogen and oxygen atoms in total. The molecule has 2 N–H and O–H groups in total. The van der Waals surface area contributed by atoms with E-state index in [0.29, 0.717) is 13.0 Å². The molecule has 0 aromatic heterocycles. The normalized spacial score (nSPS) is 20.9. The van der Waals surface area contributed by atoms with Gasteiger partial charge in [-0.2, -0.15) is 0 Å². The zero-order valence-corrected chi connectivity index (χ0v) is 10.4. The van der Waals surface area contributed by atoms with E-state index in [4.69, 9.17) is 0 Å². The summed E-state index contributed by atoms with van der Waals surface area (Å²) in [4.78, 5) is 36.0. The van der Waals surface area contributed by atoms with E-state index in [-0.39, 0.29) is 17.7 Å². The van der Waals surface area contributed by atoms with Gasteiger partial charge in [0.1, 0.15) is 12.1 Å². The average Bonchev–Trinajstić information content (AvgIpc) is 2.76. The average molecular weight is 241 g/mol. The van der Waals surface area contributed by atoms with Gasteiger partial charge in [-0.1, -0.05) is 0 Å². The number of carbonyl (C=O) groups is 3. The van der Waals surface area contributed by atoms with E-state index in [1.54, 1.807) is 11.8 Å². The summed E-state index contributed by atoms with van der Waals surface area (Å²) >= 11 is 0. The third kappa shape index (κ3) is 3.18. The van der Waals surface area contributed by atoms with Crippen LogP contribution in [0, 0.1) is 0 Å². The molecule has 0 radical (unpaired) electrons. The Hall–Kier alpha value is -1.59. The topological polar surface area (TPSA) is 78.5 Å². The predicted octanol–water partition coefficient (Wildman–Crippen LogP) is -0.752. The van der Waals surface area contributed by atoms with Crippen LogP contribution in [0.25, 0.3) is 0 Å². The van der Waals surface area contributed by atoms with Crippen LogP contribution in [0.15, 0.2) is 0 Å². The van der Waals surface area contributed by atoms with Crippen LogP contribution in [-0.4, -0.2) is 48.3 Å². The van der Waals surface area contributed by atoms with Crippen molar-refractivity contribution in [1.82, 2.24) is 15.5 Å². The van der Waals surface area contributed by atoms with Gasteiger partial charge in [0.25, 0.3) is 0 Å². The van der Waals surface area contributed by atoms with Gasteiger partial charge in [-0.25, -0.2) is 0 Å². The lowest BCUT2D eigenvalue weighted by Gasteiger charge is -2.23. The van der Waals surface area contributed by atoms with Gasteiger partial charge in [-0.15, -0.1) is 0 Å². The maximum absolute atomic E-state index is 11.9. The summed E-state index contributed by atoms with van der Waals surface area (Å²) in [6.45, 7) is 3.68. The highest BCUT2D eigenvalue weighted by Crippen LogP contribution is 2.17. The smallest absolute Gasteiger partial charge is 0.243 e. The predicted molar refractivity (Wildman–Crippen MR) is 62.1 cm³/mol. The molecule has 1 aliphatic rings. The molecule has 3 amide bonds. The number of hydrogen-bond acceptors (Lipinski definition) is 3. The first-order chi connectivity index (χ1) is 7.97. The molecular weight excluding hydrogens is 222 g/mol. The number of likely N-dealkylation sites (tertiary alicyclic amines) is 1. The van der Waals surface area contributed by atoms with Crippen molar-refractivity contribution < 1.29 is 14.4 Å². The first kappa shape index (κ1) is 13.5. The number of hydrogen-bond donors (Lipinski definition) is 2. The van der Waals surface area contributed by atoms with Crippen molar-refractivity contribution in [2.45, 2.75) is 38.8 Å². The van der Waals surface area contributed by atoms with Crippen LogP contribution in [0.1, 0.15) is 26.7 Å². The summed E-state index contributed by atoms with van der Waals surface area (Å²) in [5.41, 5.74) is 0. The summed E-state index contributed by atoms with van der Waals surface area (Å²) in [7, 11) is 1.52. The van der Waals surface area contributed by atoms with Gasteiger partial charge in [-0.05, 0) is 19.8 Å². The standard InChI is InChI=1S/C11H19N3O3/c1-7(10(16)12-3)13-11(17)9-5-4-6-14(9)8(2)15/h7,9H,4-6H2,1-3H3,(H,12,16)(H,13,17)/t7-,9?/m0/s1. The molecule has 2 atom stereocenters. The lowest BCUT2D eigenvalue weighted by molar-refractivity contribution is -0.138. The van der Waals surface area contributed by atoms with Crippen LogP contribution in [0.5, 0.6) is 0 Å². The summed E-state index contributed by atoms with van der Waals surface area (Å²) in [6.07, 6.45) is 1.48. The summed E-state index contributed by atoms with van der Waals surface area (Å²) < 4.78 is 0. The Kier molecular flexibility index (Phi) is 4.48. The number of nitrogens with zero attached hydrogens (tertiary/aromatic N) is 1. The van der Waals surface area contributed by atoms with E-state index in [9.17, 15) is 14.4 Å². The van der Waals surface area contributed by atoms with Gasteiger partial charge in [0.2, 0.25) is 17.7 Å². The maximum atomic E-state index is 11.9. The van der Waals surface area contributed by atoms with E-state index in [2.05, 4.69) is 10.6 Å². The molecule has 0 bridgehead atoms. The monoisotopic (exact) mass is 241 g/mol. The van der Waals surface area contributed by atoms with Crippen LogP contribution in [0.4, 0.5) is 0 Å². The minimum atomic E-state index is -0.582. The fourth-order valence-electron chi connectivity index (χ4n) is 2.01. The lowest BCUT2D eigenvalue weighted by Crippen LogP contribution is -2.51. The van der Waals surface area contributed by atoms with Gasteiger partial charge in [-0.3, -0.25) is 14.4 Å². The van der Waals surface area contributed by atoms with Crippen molar-refractivity contribution in [3.8, 4) is 0 Å². The second kappa shape index (κ2) is 5.65. The lowest BCUT2D eigenvalue weighted by atomic mass is 10.2. The molecule has 1 rings (SSSR count). The zero-order valence-electron chi connectivity index (χ0n) is 10.4. The van der Waals surface area contributed by atoms with E-state index < -0.39 is 12.1 Å². The first-order valence-electron chi connectivity index (χ1n) is 5.76. The summed E-state index contributed by atoms with van der Waals surface area (Å²) in [6, 6.07) is -1.01. The van der Waals surface area contributed by atoms with Gasteiger partial charge in [0.15, 0.2) is 0 Å². The fourth-order valence-corrected chi connectivity index (χ4v) is 2.01. The number of rotatable bonds is 3. The Labute approximate surface area is 101 Å². The summed E-state index contributed by atoms with van der Waals surface area (Å²) in [5, 5.41) is 5.07. The second-order valence-corrected chi connectivity index (χ2v) is 4.21. The molecule has 17 heavy (non-hydrogen) atoms. The minimum absolute atomic E-state index is 0.102. The molecule has 0 aliphatic carbocycles. The minimum Gasteiger partial charge on any atom is -0.357 e. The highest BCUT2D eigenvalue weighted by molar-refractivity contribution is 5.91. The second-order valence-electron chi connectivity index (χ2n) is 4.21. The van der Waals surface area contributed by atoms with Crippen LogP contribution in [0.2, 0.25) is 0 Å². The molecule has 1 heterocycles. The molecular formula is C11H19N3O3. The van der Waals surface area contributed by atoms with Crippen LogP contribution in [-0.2, 0) is 14.4 Å². The zero-order chi connectivity index (χ0) is 13.0. The number of likely N-dealkylation sites (N-methyl/N-ethyl adjacent to an activating group) is 1. The highest BCUT2D eigenvalue weighted by Gasteiger charge is 2.33. The van der Waals surface area contributed by atoms with Crippen LogP contribution < -0.4 is 10.6 Å². The number of nitrogens with one attached hydrogen (secondary N) is 2. The Morgan fingerprint density at radius 1 is 1.35 bits per heavy atom. The van der Waals surface area contributed by atoms with Gasteiger partial charge >= 0.3 is 0 Å². The molecule has 0 spiro atoms. The molecule has 0 aromatic carbocycles. The molecule has 96 valence electrons. The molecule has 1 unspecified atom stereocenters. The molecule has 1 fully saturated rings. The quantitative estimate of drug-likeness (QED) is 0.682. The van der Waals surface area contributed by atoms with Gasteiger partial charge in [0, 0.05) is 20.5 Å². The van der Waals surface area contributed by atoms with Gasteiger partial charge in [0.05, 0.1) is 0 Å². The first-order valence-corrected chi connectivity index (χ1v) is 5.76. The van der Waals surface area contributed by atoms with Crippen molar-refractivity contribution in [2.75, 3.05) is 13.6 Å². The van der Waals surface area contributed by atoms with Gasteiger partial charge < -0.3 is 15.5 Å². The maximum Gasteiger partial charge on any atom is 0.243 e. The number of carbonyl (C=O) groups excluding carboxylic acids is 3. The molecule has 1 saturated heterocycles. The third-order valence-corrected chi connectivity index (χ3v) is 2.96. The molecule has 0 saturated carbocycles. The summed E-state index contributed by atoms with van der Waals surface area (Å²) in [5.74, 6) is -0.602. The Morgan fingerprint density at radius 3 is 2.53 bits per heavy atom. The molecule has 1 aliphatic heterocycles. The van der Waals surface area contributed by atoms with E-state index in [1.165, 1.54) is 14.0 Å². The Morgan fingerprint density at radius 2 is 2.00 bits per heavy atom. The Bertz CT molecular complexity index is 330. The van der Waals surface area contributed by atoms with Crippen molar-refractivity contribution in [1.29, 1.82) is 0 Å². The largest absolute Gasteiger partial charge is 0.357 e. The van der Waals surface area contributed by atoms with E-state index in [0.717, 1.165) is 6.42 Å². The van der Waals surface area contributed by atoms with E-state index in [1.807, 2.05) is 0 Å². The highest BCUT2D eigenvalue weighted by atomic mass is 16.2. The van der Waals surface area contributed by atoms with Crippen LogP contribution in [0.3, 0.4) is 0 Å². The molecule has 0 aromatic rings. The van der Waals surface area contributed by atoms with Crippen molar-refractivity contribution >= 4 is 17.7 Å². The fraction of sp³-hybridized carbons (Fsp3) is 0.727. The van der Waals surface area contributed by atoms with Crippen molar-refractivity contribution in [3.63, 3.8) is 0 Å². The van der Waals surface area contributed by atoms with Crippen molar-refractivity contribution in [3.05, 3.63) is 0 Å². The Balaban J connectivity index is 2.58. The van der Waals surface area contributed by atoms with Crippen molar-refractivity contribution in [2.24, 2.45) is 0 Å². The van der Waals surface area contributed by atoms with Crippen LogP contribution >= 0.6 is 0 Å². The molecule has 6 heteroatoms. The number of amides is 3. The SMILES string of the molecule is CNC(=O)[C@H](C)NC(=O)C1CCCN1C(C)=O.